The van der Waals surface area contributed by atoms with Crippen LogP contribution in [0.2, 0.25) is 0 Å². The highest BCUT2D eigenvalue weighted by Crippen LogP contribution is 2.16. The van der Waals surface area contributed by atoms with Gasteiger partial charge < -0.3 is 19.3 Å². The summed E-state index contributed by atoms with van der Waals surface area (Å²) >= 11 is 0. The van der Waals surface area contributed by atoms with Crippen molar-refractivity contribution in [1.82, 2.24) is 0 Å². The molecule has 2 rings (SSSR count). The van der Waals surface area contributed by atoms with Gasteiger partial charge in [0.1, 0.15) is 12.2 Å². The van der Waals surface area contributed by atoms with Crippen LogP contribution >= 0.6 is 0 Å². The molecule has 0 aromatic heterocycles. The highest BCUT2D eigenvalue weighted by atomic mass is 16.6. The van der Waals surface area contributed by atoms with Crippen molar-refractivity contribution in [1.29, 1.82) is 0 Å². The molecule has 0 aromatic carbocycles. The monoisotopic (exact) mass is 174 g/mol. The van der Waals surface area contributed by atoms with Gasteiger partial charge in [-0.15, -0.1) is 0 Å². The Bertz CT molecular complexity index is 146. The summed E-state index contributed by atoms with van der Waals surface area (Å²) in [4.78, 5) is 0. The van der Waals surface area contributed by atoms with Gasteiger partial charge in [-0.1, -0.05) is 0 Å². The van der Waals surface area contributed by atoms with E-state index in [1.807, 2.05) is 0 Å². The Labute approximate surface area is 71.4 Å². The fraction of sp³-hybridized carbons (Fsp3) is 1.00. The maximum Gasteiger partial charge on any atom is 0.107 e. The van der Waals surface area contributed by atoms with E-state index >= 15 is 0 Å². The van der Waals surface area contributed by atoms with Crippen LogP contribution in [-0.4, -0.2) is 49.8 Å². The second-order valence-corrected chi connectivity index (χ2v) is 3.26. The van der Waals surface area contributed by atoms with E-state index in [1.54, 1.807) is 0 Å². The minimum atomic E-state index is -0.362. The summed E-state index contributed by atoms with van der Waals surface area (Å²) in [6, 6.07) is 0. The molecule has 1 N–H and O–H groups in total. The molecular formula is C8H14O4. The first-order valence-corrected chi connectivity index (χ1v) is 4.35. The second kappa shape index (κ2) is 3.70. The first kappa shape index (κ1) is 8.44. The molecule has 12 heavy (non-hydrogen) atoms. The Kier molecular flexibility index (Phi) is 2.60. The molecule has 2 saturated heterocycles. The van der Waals surface area contributed by atoms with Crippen LogP contribution in [0.25, 0.3) is 0 Å². The van der Waals surface area contributed by atoms with Crippen LogP contribution in [0.3, 0.4) is 0 Å². The third-order valence-electron chi connectivity index (χ3n) is 2.24. The maximum atomic E-state index is 9.49. The summed E-state index contributed by atoms with van der Waals surface area (Å²) in [7, 11) is 0. The number of aliphatic hydroxyl groups is 1. The van der Waals surface area contributed by atoms with Gasteiger partial charge in [0.25, 0.3) is 0 Å². The van der Waals surface area contributed by atoms with Gasteiger partial charge in [0.05, 0.1) is 25.9 Å². The Hall–Kier alpha value is -0.160. The number of ether oxygens (including phenoxy) is 3. The maximum absolute atomic E-state index is 9.49. The standard InChI is InChI=1S/C8H14O4/c9-7-1-2-10-5-8(7)12-6-3-11-4-6/h6-9H,1-5H2. The molecule has 2 aliphatic heterocycles. The average molecular weight is 174 g/mol. The number of hydrogen-bond acceptors (Lipinski definition) is 4. The summed E-state index contributed by atoms with van der Waals surface area (Å²) in [5.74, 6) is 0. The van der Waals surface area contributed by atoms with Gasteiger partial charge in [-0.2, -0.15) is 0 Å². The van der Waals surface area contributed by atoms with E-state index in [2.05, 4.69) is 0 Å². The first-order valence-electron chi connectivity index (χ1n) is 4.35. The predicted octanol–water partition coefficient (Wildman–Crippen LogP) is -0.448. The van der Waals surface area contributed by atoms with Gasteiger partial charge in [0.15, 0.2) is 0 Å². The van der Waals surface area contributed by atoms with Crippen molar-refractivity contribution in [3.05, 3.63) is 0 Å². The van der Waals surface area contributed by atoms with Gasteiger partial charge in [-0.05, 0) is 6.42 Å². The van der Waals surface area contributed by atoms with Gasteiger partial charge in [-0.25, -0.2) is 0 Å². The van der Waals surface area contributed by atoms with E-state index < -0.39 is 0 Å². The zero-order valence-corrected chi connectivity index (χ0v) is 6.94. The van der Waals surface area contributed by atoms with Crippen LogP contribution < -0.4 is 0 Å². The van der Waals surface area contributed by atoms with Gasteiger partial charge in [0.2, 0.25) is 0 Å². The van der Waals surface area contributed by atoms with E-state index in [1.165, 1.54) is 0 Å². The fourth-order valence-corrected chi connectivity index (χ4v) is 1.37. The van der Waals surface area contributed by atoms with Gasteiger partial charge >= 0.3 is 0 Å². The Morgan fingerprint density at radius 1 is 1.17 bits per heavy atom. The Balaban J connectivity index is 1.76. The van der Waals surface area contributed by atoms with E-state index in [4.69, 9.17) is 14.2 Å². The average Bonchev–Trinajstić information content (AvgIpc) is 2.00. The molecule has 2 aliphatic rings. The van der Waals surface area contributed by atoms with Crippen LogP contribution in [0.4, 0.5) is 0 Å². The van der Waals surface area contributed by atoms with Crippen molar-refractivity contribution in [2.24, 2.45) is 0 Å². The van der Waals surface area contributed by atoms with Crippen LogP contribution in [0.15, 0.2) is 0 Å². The smallest absolute Gasteiger partial charge is 0.107 e. The number of rotatable bonds is 2. The topological polar surface area (TPSA) is 47.9 Å². The lowest BCUT2D eigenvalue weighted by atomic mass is 10.1. The molecule has 4 nitrogen and oxygen atoms in total. The van der Waals surface area contributed by atoms with Gasteiger partial charge in [-0.3, -0.25) is 0 Å². The summed E-state index contributed by atoms with van der Waals surface area (Å²) in [5.41, 5.74) is 0. The van der Waals surface area contributed by atoms with Gasteiger partial charge in [0, 0.05) is 6.61 Å². The van der Waals surface area contributed by atoms with Crippen LogP contribution in [0.1, 0.15) is 6.42 Å². The highest BCUT2D eigenvalue weighted by molar-refractivity contribution is 4.76. The Morgan fingerprint density at radius 3 is 2.58 bits per heavy atom. The molecule has 0 saturated carbocycles. The molecule has 0 aromatic rings. The van der Waals surface area contributed by atoms with Crippen molar-refractivity contribution in [2.75, 3.05) is 26.4 Å². The Morgan fingerprint density at radius 2 is 2.00 bits per heavy atom. The molecule has 0 radical (unpaired) electrons. The zero-order valence-electron chi connectivity index (χ0n) is 6.94. The fourth-order valence-electron chi connectivity index (χ4n) is 1.37. The lowest BCUT2D eigenvalue weighted by Crippen LogP contribution is -2.46. The summed E-state index contributed by atoms with van der Waals surface area (Å²) in [6.07, 6.45) is 0.344. The third kappa shape index (κ3) is 1.77. The predicted molar refractivity (Wildman–Crippen MR) is 40.9 cm³/mol. The molecule has 2 unspecified atom stereocenters. The van der Waals surface area contributed by atoms with Crippen LogP contribution in [-0.2, 0) is 14.2 Å². The molecule has 2 fully saturated rings. The van der Waals surface area contributed by atoms with Crippen LogP contribution in [0.5, 0.6) is 0 Å². The molecule has 0 aliphatic carbocycles. The third-order valence-corrected chi connectivity index (χ3v) is 2.24. The van der Waals surface area contributed by atoms with Crippen molar-refractivity contribution >= 4 is 0 Å². The molecular weight excluding hydrogens is 160 g/mol. The lowest BCUT2D eigenvalue weighted by molar-refractivity contribution is -0.201. The van der Waals surface area contributed by atoms with E-state index in [9.17, 15) is 5.11 Å². The molecule has 4 heteroatoms. The minimum absolute atomic E-state index is 0.146. The van der Waals surface area contributed by atoms with Crippen LogP contribution in [0, 0.1) is 0 Å². The second-order valence-electron chi connectivity index (χ2n) is 3.26. The van der Waals surface area contributed by atoms with Crippen molar-refractivity contribution in [3.63, 3.8) is 0 Å². The normalized spacial score (nSPS) is 37.8. The zero-order chi connectivity index (χ0) is 8.39. The summed E-state index contributed by atoms with van der Waals surface area (Å²) in [5, 5.41) is 9.49. The number of hydrogen-bond donors (Lipinski definition) is 1. The first-order chi connectivity index (χ1) is 5.86. The van der Waals surface area contributed by atoms with Crippen molar-refractivity contribution in [2.45, 2.75) is 24.7 Å². The highest BCUT2D eigenvalue weighted by Gasteiger charge is 2.30. The lowest BCUT2D eigenvalue weighted by Gasteiger charge is -2.34. The van der Waals surface area contributed by atoms with Crippen molar-refractivity contribution in [3.8, 4) is 0 Å². The van der Waals surface area contributed by atoms with E-state index in [0.29, 0.717) is 32.8 Å². The molecule has 70 valence electrons. The molecule has 0 amide bonds. The van der Waals surface area contributed by atoms with E-state index in [0.717, 1.165) is 0 Å². The van der Waals surface area contributed by atoms with E-state index in [-0.39, 0.29) is 18.3 Å². The minimum Gasteiger partial charge on any atom is -0.390 e. The largest absolute Gasteiger partial charge is 0.390 e. The van der Waals surface area contributed by atoms with Crippen molar-refractivity contribution < 1.29 is 19.3 Å². The number of aliphatic hydroxyl groups excluding tert-OH is 1. The molecule has 0 spiro atoms. The SMILES string of the molecule is OC1CCOCC1OC1COC1. The molecule has 2 atom stereocenters. The molecule has 0 bridgehead atoms. The summed E-state index contributed by atoms with van der Waals surface area (Å²) in [6.45, 7) is 2.46. The summed E-state index contributed by atoms with van der Waals surface area (Å²) < 4.78 is 15.7. The molecule has 2 heterocycles. The quantitative estimate of drug-likeness (QED) is 0.616.